The standard InChI is InChI=1S/C15H15N3O3.ClH/c1-10(19)17-8-13-9-18(15(20)21-13)12-4-5-14-11(7-12)3-2-6-16-14;/h2-7,13H,8-9H2,1H3,(H,17,19);1H/t13-;/m0./s1. The highest BCUT2D eigenvalue weighted by atomic mass is 35.5. The van der Waals surface area contributed by atoms with Gasteiger partial charge in [-0.3, -0.25) is 14.7 Å². The number of carbonyl (C=O) groups is 2. The highest BCUT2D eigenvalue weighted by Crippen LogP contribution is 2.25. The molecule has 1 atom stereocenters. The Morgan fingerprint density at radius 2 is 2.27 bits per heavy atom. The monoisotopic (exact) mass is 321 g/mol. The number of cyclic esters (lactones) is 1. The molecule has 1 saturated heterocycles. The predicted molar refractivity (Wildman–Crippen MR) is 85.3 cm³/mol. The maximum absolute atomic E-state index is 11.9. The van der Waals surface area contributed by atoms with Gasteiger partial charge in [-0.15, -0.1) is 12.4 Å². The van der Waals surface area contributed by atoms with E-state index in [4.69, 9.17) is 4.74 Å². The average Bonchev–Trinajstić information content (AvgIpc) is 2.86. The van der Waals surface area contributed by atoms with E-state index in [0.717, 1.165) is 16.6 Å². The van der Waals surface area contributed by atoms with Gasteiger partial charge in [-0.05, 0) is 24.3 Å². The van der Waals surface area contributed by atoms with Crippen LogP contribution in [0.5, 0.6) is 0 Å². The molecule has 1 aliphatic rings. The molecule has 1 aromatic carbocycles. The number of ether oxygens (including phenoxy) is 1. The Bertz CT molecular complexity index is 707. The molecule has 22 heavy (non-hydrogen) atoms. The summed E-state index contributed by atoms with van der Waals surface area (Å²) < 4.78 is 5.25. The van der Waals surface area contributed by atoms with E-state index in [0.29, 0.717) is 13.1 Å². The fourth-order valence-corrected chi connectivity index (χ4v) is 2.33. The number of hydrogen-bond acceptors (Lipinski definition) is 4. The lowest BCUT2D eigenvalue weighted by Crippen LogP contribution is -2.33. The second kappa shape index (κ2) is 6.62. The van der Waals surface area contributed by atoms with Crippen molar-refractivity contribution in [3.63, 3.8) is 0 Å². The second-order valence-corrected chi connectivity index (χ2v) is 4.93. The van der Waals surface area contributed by atoms with Gasteiger partial charge in [0.2, 0.25) is 5.91 Å². The first kappa shape index (κ1) is 16.0. The fraction of sp³-hybridized carbons (Fsp3) is 0.267. The minimum absolute atomic E-state index is 0. The van der Waals surface area contributed by atoms with Crippen LogP contribution < -0.4 is 10.2 Å². The number of pyridine rings is 1. The minimum Gasteiger partial charge on any atom is -0.442 e. The van der Waals surface area contributed by atoms with Gasteiger partial charge in [0.1, 0.15) is 6.10 Å². The Balaban J connectivity index is 0.00000176. The Morgan fingerprint density at radius 3 is 3.05 bits per heavy atom. The molecule has 2 heterocycles. The van der Waals surface area contributed by atoms with Crippen molar-refractivity contribution < 1.29 is 14.3 Å². The zero-order valence-electron chi connectivity index (χ0n) is 12.0. The Kier molecular flexibility index (Phi) is 4.82. The van der Waals surface area contributed by atoms with E-state index >= 15 is 0 Å². The Hall–Kier alpha value is -2.34. The third-order valence-electron chi connectivity index (χ3n) is 3.35. The van der Waals surface area contributed by atoms with Gasteiger partial charge in [0.25, 0.3) is 0 Å². The first-order chi connectivity index (χ1) is 10.1. The van der Waals surface area contributed by atoms with Crippen LogP contribution in [0.4, 0.5) is 10.5 Å². The smallest absolute Gasteiger partial charge is 0.414 e. The van der Waals surface area contributed by atoms with Gasteiger partial charge in [0.15, 0.2) is 0 Å². The van der Waals surface area contributed by atoms with Crippen LogP contribution in [0.15, 0.2) is 36.5 Å². The number of nitrogens with zero attached hydrogens (tertiary/aromatic N) is 2. The molecule has 1 aliphatic heterocycles. The van der Waals surface area contributed by atoms with Crippen molar-refractivity contribution in [2.45, 2.75) is 13.0 Å². The molecule has 0 spiro atoms. The summed E-state index contributed by atoms with van der Waals surface area (Å²) in [6.45, 7) is 2.18. The number of fused-ring (bicyclic) bond motifs is 1. The summed E-state index contributed by atoms with van der Waals surface area (Å²) in [7, 11) is 0. The van der Waals surface area contributed by atoms with Crippen LogP contribution in [0.3, 0.4) is 0 Å². The van der Waals surface area contributed by atoms with Crippen LogP contribution in [0.25, 0.3) is 10.9 Å². The van der Waals surface area contributed by atoms with Crippen molar-refractivity contribution in [2.75, 3.05) is 18.0 Å². The lowest BCUT2D eigenvalue weighted by Gasteiger charge is -2.13. The highest BCUT2D eigenvalue weighted by molar-refractivity contribution is 5.93. The molecule has 2 amide bonds. The molecule has 0 saturated carbocycles. The number of rotatable bonds is 3. The van der Waals surface area contributed by atoms with Crippen LogP contribution in [0, 0.1) is 0 Å². The summed E-state index contributed by atoms with van der Waals surface area (Å²) >= 11 is 0. The molecule has 6 nitrogen and oxygen atoms in total. The van der Waals surface area contributed by atoms with Crippen molar-refractivity contribution in [3.8, 4) is 0 Å². The summed E-state index contributed by atoms with van der Waals surface area (Å²) in [5, 5.41) is 3.62. The van der Waals surface area contributed by atoms with E-state index in [1.165, 1.54) is 6.92 Å². The van der Waals surface area contributed by atoms with Crippen LogP contribution in [0.1, 0.15) is 6.92 Å². The van der Waals surface area contributed by atoms with Crippen molar-refractivity contribution >= 4 is 41.0 Å². The summed E-state index contributed by atoms with van der Waals surface area (Å²) in [6.07, 6.45) is 1.01. The van der Waals surface area contributed by atoms with E-state index in [1.54, 1.807) is 11.1 Å². The first-order valence-corrected chi connectivity index (χ1v) is 6.71. The predicted octanol–water partition coefficient (Wildman–Crippen LogP) is 2.12. The Morgan fingerprint density at radius 1 is 1.45 bits per heavy atom. The van der Waals surface area contributed by atoms with Crippen molar-refractivity contribution in [1.29, 1.82) is 0 Å². The van der Waals surface area contributed by atoms with Crippen molar-refractivity contribution in [3.05, 3.63) is 36.5 Å². The molecule has 7 heteroatoms. The zero-order valence-corrected chi connectivity index (χ0v) is 12.8. The molecule has 116 valence electrons. The summed E-state index contributed by atoms with van der Waals surface area (Å²) in [6, 6.07) is 9.43. The fourth-order valence-electron chi connectivity index (χ4n) is 2.33. The van der Waals surface area contributed by atoms with Gasteiger partial charge in [0, 0.05) is 24.2 Å². The summed E-state index contributed by atoms with van der Waals surface area (Å²) in [5.74, 6) is -0.138. The summed E-state index contributed by atoms with van der Waals surface area (Å²) in [4.78, 5) is 28.7. The second-order valence-electron chi connectivity index (χ2n) is 4.93. The van der Waals surface area contributed by atoms with E-state index < -0.39 is 6.09 Å². The molecule has 1 N–H and O–H groups in total. The molecule has 2 aromatic rings. The lowest BCUT2D eigenvalue weighted by atomic mass is 10.2. The molecule has 0 bridgehead atoms. The number of nitrogens with one attached hydrogen (secondary N) is 1. The molecule has 1 aromatic heterocycles. The van der Waals surface area contributed by atoms with E-state index in [9.17, 15) is 9.59 Å². The number of hydrogen-bond donors (Lipinski definition) is 1. The Labute approximate surface area is 133 Å². The molecular weight excluding hydrogens is 306 g/mol. The number of anilines is 1. The molecule has 0 radical (unpaired) electrons. The van der Waals surface area contributed by atoms with Crippen LogP contribution in [-0.4, -0.2) is 36.2 Å². The van der Waals surface area contributed by atoms with Crippen LogP contribution in [-0.2, 0) is 9.53 Å². The van der Waals surface area contributed by atoms with Gasteiger partial charge in [-0.2, -0.15) is 0 Å². The zero-order chi connectivity index (χ0) is 14.8. The number of halogens is 1. The van der Waals surface area contributed by atoms with E-state index in [2.05, 4.69) is 10.3 Å². The van der Waals surface area contributed by atoms with Crippen molar-refractivity contribution in [1.82, 2.24) is 10.3 Å². The molecule has 0 unspecified atom stereocenters. The number of carbonyl (C=O) groups excluding carboxylic acids is 2. The van der Waals surface area contributed by atoms with Crippen LogP contribution >= 0.6 is 12.4 Å². The van der Waals surface area contributed by atoms with Gasteiger partial charge < -0.3 is 10.1 Å². The first-order valence-electron chi connectivity index (χ1n) is 6.71. The van der Waals surface area contributed by atoms with E-state index in [-0.39, 0.29) is 24.4 Å². The summed E-state index contributed by atoms with van der Waals surface area (Å²) in [5.41, 5.74) is 1.65. The molecular formula is C15H16ClN3O3. The largest absolute Gasteiger partial charge is 0.442 e. The molecule has 0 aliphatic carbocycles. The average molecular weight is 322 g/mol. The SMILES string of the molecule is CC(=O)NC[C@H]1CN(c2ccc3ncccc3c2)C(=O)O1.Cl. The normalized spacial score (nSPS) is 17.0. The lowest BCUT2D eigenvalue weighted by molar-refractivity contribution is -0.119. The quantitative estimate of drug-likeness (QED) is 0.940. The van der Waals surface area contributed by atoms with E-state index in [1.807, 2.05) is 30.3 Å². The van der Waals surface area contributed by atoms with Crippen molar-refractivity contribution in [2.24, 2.45) is 0 Å². The highest BCUT2D eigenvalue weighted by Gasteiger charge is 2.32. The third-order valence-corrected chi connectivity index (χ3v) is 3.35. The maximum Gasteiger partial charge on any atom is 0.414 e. The van der Waals surface area contributed by atoms with Crippen LogP contribution in [0.2, 0.25) is 0 Å². The van der Waals surface area contributed by atoms with Gasteiger partial charge in [-0.25, -0.2) is 4.79 Å². The maximum atomic E-state index is 11.9. The molecule has 3 rings (SSSR count). The number of aromatic nitrogens is 1. The third kappa shape index (κ3) is 3.28. The van der Waals surface area contributed by atoms with Gasteiger partial charge in [-0.1, -0.05) is 6.07 Å². The molecule has 1 fully saturated rings. The topological polar surface area (TPSA) is 71.5 Å². The number of benzene rings is 1. The minimum atomic E-state index is -0.395. The van der Waals surface area contributed by atoms with Gasteiger partial charge >= 0.3 is 6.09 Å². The number of amides is 2. The van der Waals surface area contributed by atoms with Gasteiger partial charge in [0.05, 0.1) is 18.6 Å².